The summed E-state index contributed by atoms with van der Waals surface area (Å²) >= 11 is 6.55. The number of ether oxygens (including phenoxy) is 2. The minimum absolute atomic E-state index is 0.320. The van der Waals surface area contributed by atoms with Crippen molar-refractivity contribution >= 4 is 45.7 Å². The molecule has 2 fully saturated rings. The maximum absolute atomic E-state index is 6.55. The summed E-state index contributed by atoms with van der Waals surface area (Å²) in [5.41, 5.74) is 2.72. The van der Waals surface area contributed by atoms with Crippen LogP contribution in [0.1, 0.15) is 6.42 Å². The Bertz CT molecular complexity index is 1590. The molecular formula is C24H20ClN9O2. The molecule has 180 valence electrons. The lowest BCUT2D eigenvalue weighted by Gasteiger charge is -2.22. The van der Waals surface area contributed by atoms with Gasteiger partial charge in [0.2, 0.25) is 5.95 Å². The molecule has 6 heterocycles. The van der Waals surface area contributed by atoms with Gasteiger partial charge in [-0.05, 0) is 30.7 Å². The molecule has 0 aliphatic carbocycles. The van der Waals surface area contributed by atoms with E-state index >= 15 is 0 Å². The molecule has 0 amide bonds. The van der Waals surface area contributed by atoms with Crippen molar-refractivity contribution in [1.82, 2.24) is 34.5 Å². The molecule has 5 aromatic rings. The maximum Gasteiger partial charge on any atom is 0.226 e. The summed E-state index contributed by atoms with van der Waals surface area (Å²) in [6, 6.07) is 9.36. The molecule has 0 bridgehead atoms. The summed E-state index contributed by atoms with van der Waals surface area (Å²) in [6.45, 7) is 2.43. The third-order valence-electron chi connectivity index (χ3n) is 6.60. The van der Waals surface area contributed by atoms with Crippen LogP contribution in [0.15, 0.2) is 55.4 Å². The van der Waals surface area contributed by atoms with Crippen LogP contribution in [-0.2, 0) is 4.74 Å². The molecule has 0 spiro atoms. The smallest absolute Gasteiger partial charge is 0.226 e. The molecule has 36 heavy (non-hydrogen) atoms. The van der Waals surface area contributed by atoms with E-state index < -0.39 is 0 Å². The Hall–Kier alpha value is -4.09. The summed E-state index contributed by atoms with van der Waals surface area (Å²) in [4.78, 5) is 24.6. The highest BCUT2D eigenvalue weighted by Gasteiger charge is 2.39. The van der Waals surface area contributed by atoms with Crippen LogP contribution >= 0.6 is 11.6 Å². The van der Waals surface area contributed by atoms with Crippen LogP contribution in [0, 0.1) is 5.92 Å². The van der Waals surface area contributed by atoms with Crippen LogP contribution in [0.4, 0.5) is 17.5 Å². The molecule has 1 aromatic carbocycles. The van der Waals surface area contributed by atoms with Crippen molar-refractivity contribution in [1.29, 1.82) is 0 Å². The van der Waals surface area contributed by atoms with Gasteiger partial charge in [0.05, 0.1) is 30.5 Å². The van der Waals surface area contributed by atoms with Crippen LogP contribution < -0.4 is 15.0 Å². The average molecular weight is 502 g/mol. The van der Waals surface area contributed by atoms with E-state index in [9.17, 15) is 0 Å². The molecule has 0 radical (unpaired) electrons. The Morgan fingerprint density at radius 2 is 2.03 bits per heavy atom. The zero-order valence-corrected chi connectivity index (χ0v) is 19.7. The number of nitrogens with one attached hydrogen (secondary N) is 1. The van der Waals surface area contributed by atoms with Gasteiger partial charge in [0.15, 0.2) is 11.5 Å². The van der Waals surface area contributed by atoms with Crippen LogP contribution in [0.25, 0.3) is 16.7 Å². The Kier molecular flexibility index (Phi) is 5.03. The highest BCUT2D eigenvalue weighted by molar-refractivity contribution is 6.32. The fraction of sp³-hybridized carbons (Fsp3) is 0.250. The Morgan fingerprint density at radius 1 is 1.06 bits per heavy atom. The van der Waals surface area contributed by atoms with E-state index in [-0.39, 0.29) is 0 Å². The van der Waals surface area contributed by atoms with E-state index in [4.69, 9.17) is 26.1 Å². The lowest BCUT2D eigenvalue weighted by atomic mass is 10.1. The Morgan fingerprint density at radius 3 is 2.97 bits per heavy atom. The standard InChI is InChI=1S/C24H20ClN9O2/c25-17-7-15(1-2-20(17)36-16-4-6-34-21(8-16)28-13-30-34)31-23-22-18(27-12-29-23)9-26-24(32-22)33-5-3-14-10-35-11-19(14)33/h1-2,4,6-9,12-14,19H,3,5,10-11H2,(H,27,29,31)/t14-,19-/m1/s1. The van der Waals surface area contributed by atoms with E-state index in [0.29, 0.717) is 63.5 Å². The highest BCUT2D eigenvalue weighted by Crippen LogP contribution is 2.35. The number of rotatable bonds is 5. The van der Waals surface area contributed by atoms with Gasteiger partial charge in [-0.1, -0.05) is 11.6 Å². The van der Waals surface area contributed by atoms with E-state index in [0.717, 1.165) is 25.3 Å². The lowest BCUT2D eigenvalue weighted by Crippen LogP contribution is -2.34. The predicted molar refractivity (Wildman–Crippen MR) is 133 cm³/mol. The van der Waals surface area contributed by atoms with Crippen molar-refractivity contribution in [3.63, 3.8) is 0 Å². The molecule has 11 nitrogen and oxygen atoms in total. The third kappa shape index (κ3) is 3.73. The largest absolute Gasteiger partial charge is 0.456 e. The number of benzene rings is 1. The fourth-order valence-electron chi connectivity index (χ4n) is 4.79. The summed E-state index contributed by atoms with van der Waals surface area (Å²) in [5, 5.41) is 7.85. The second-order valence-electron chi connectivity index (χ2n) is 8.77. The first-order valence-corrected chi connectivity index (χ1v) is 11.9. The molecule has 0 unspecified atom stereocenters. The van der Waals surface area contributed by atoms with Crippen molar-refractivity contribution in [3.8, 4) is 11.5 Å². The first-order valence-electron chi connectivity index (χ1n) is 11.6. The van der Waals surface area contributed by atoms with E-state index in [2.05, 4.69) is 35.3 Å². The zero-order chi connectivity index (χ0) is 24.1. The minimum atomic E-state index is 0.320. The fourth-order valence-corrected chi connectivity index (χ4v) is 5.01. The minimum Gasteiger partial charge on any atom is -0.456 e. The van der Waals surface area contributed by atoms with Gasteiger partial charge in [-0.15, -0.1) is 0 Å². The van der Waals surface area contributed by atoms with E-state index in [1.54, 1.807) is 41.2 Å². The Balaban J connectivity index is 1.15. The van der Waals surface area contributed by atoms with Crippen LogP contribution in [0.2, 0.25) is 5.02 Å². The number of hydrogen-bond donors (Lipinski definition) is 1. The second-order valence-corrected chi connectivity index (χ2v) is 9.18. The van der Waals surface area contributed by atoms with Gasteiger partial charge in [0.1, 0.15) is 35.2 Å². The van der Waals surface area contributed by atoms with Gasteiger partial charge in [0, 0.05) is 30.4 Å². The zero-order valence-electron chi connectivity index (χ0n) is 19.0. The van der Waals surface area contributed by atoms with Crippen molar-refractivity contribution in [3.05, 3.63) is 60.4 Å². The molecule has 12 heteroatoms. The number of nitrogens with zero attached hydrogens (tertiary/aromatic N) is 8. The molecule has 0 saturated carbocycles. The normalized spacial score (nSPS) is 19.2. The van der Waals surface area contributed by atoms with Crippen LogP contribution in [0.3, 0.4) is 0 Å². The molecule has 2 aliphatic heterocycles. The van der Waals surface area contributed by atoms with Crippen molar-refractivity contribution in [2.75, 3.05) is 30.0 Å². The topological polar surface area (TPSA) is 115 Å². The molecule has 2 saturated heterocycles. The van der Waals surface area contributed by atoms with Gasteiger partial charge in [-0.25, -0.2) is 29.4 Å². The maximum atomic E-state index is 6.55. The average Bonchev–Trinajstić information content (AvgIpc) is 3.63. The first-order chi connectivity index (χ1) is 17.7. The Labute approximate surface area is 210 Å². The number of halogens is 1. The van der Waals surface area contributed by atoms with Crippen molar-refractivity contribution < 1.29 is 9.47 Å². The summed E-state index contributed by atoms with van der Waals surface area (Å²) in [5.74, 6) is 2.91. The number of hydrogen-bond acceptors (Lipinski definition) is 10. The summed E-state index contributed by atoms with van der Waals surface area (Å²) < 4.78 is 13.3. The van der Waals surface area contributed by atoms with Crippen molar-refractivity contribution in [2.45, 2.75) is 12.5 Å². The quantitative estimate of drug-likeness (QED) is 0.380. The van der Waals surface area contributed by atoms with Gasteiger partial charge >= 0.3 is 0 Å². The van der Waals surface area contributed by atoms with Gasteiger partial charge < -0.3 is 19.7 Å². The number of anilines is 3. The van der Waals surface area contributed by atoms with Crippen LogP contribution in [-0.4, -0.2) is 60.3 Å². The number of pyridine rings is 1. The monoisotopic (exact) mass is 501 g/mol. The van der Waals surface area contributed by atoms with Gasteiger partial charge in [-0.3, -0.25) is 0 Å². The lowest BCUT2D eigenvalue weighted by molar-refractivity contribution is 0.179. The van der Waals surface area contributed by atoms with E-state index in [1.807, 2.05) is 6.07 Å². The third-order valence-corrected chi connectivity index (χ3v) is 6.90. The van der Waals surface area contributed by atoms with Gasteiger partial charge in [0.25, 0.3) is 0 Å². The molecule has 2 aliphatic rings. The van der Waals surface area contributed by atoms with Crippen molar-refractivity contribution in [2.24, 2.45) is 5.92 Å². The molecule has 1 N–H and O–H groups in total. The second kappa shape index (κ2) is 8.54. The molecule has 7 rings (SSSR count). The summed E-state index contributed by atoms with van der Waals surface area (Å²) in [7, 11) is 0. The highest BCUT2D eigenvalue weighted by atomic mass is 35.5. The number of fused-ring (bicyclic) bond motifs is 3. The SMILES string of the molecule is Clc1cc(Nc2ncnc3cnc(N4CC[C@@H]5COC[C@H]54)nc23)ccc1Oc1ccn2ncnc2c1. The van der Waals surface area contributed by atoms with Crippen LogP contribution in [0.5, 0.6) is 11.5 Å². The first kappa shape index (κ1) is 21.2. The predicted octanol–water partition coefficient (Wildman–Crippen LogP) is 3.88. The number of aromatic nitrogens is 7. The molecule has 2 atom stereocenters. The van der Waals surface area contributed by atoms with E-state index in [1.165, 1.54) is 12.7 Å². The summed E-state index contributed by atoms with van der Waals surface area (Å²) in [6.07, 6.45) is 7.58. The van der Waals surface area contributed by atoms with Gasteiger partial charge in [-0.2, -0.15) is 5.10 Å². The molecule has 4 aromatic heterocycles. The molecular weight excluding hydrogens is 482 g/mol.